The third-order valence-electron chi connectivity index (χ3n) is 5.12. The summed E-state index contributed by atoms with van der Waals surface area (Å²) in [5.41, 5.74) is 3.84. The van der Waals surface area contributed by atoms with Crippen molar-refractivity contribution in [2.24, 2.45) is 0 Å². The molecule has 0 atom stereocenters. The van der Waals surface area contributed by atoms with Gasteiger partial charge in [0, 0.05) is 13.1 Å². The van der Waals surface area contributed by atoms with E-state index < -0.39 is 0 Å². The molecule has 1 aliphatic heterocycles. The number of rotatable bonds is 7. The van der Waals surface area contributed by atoms with Crippen molar-refractivity contribution >= 4 is 17.3 Å². The van der Waals surface area contributed by atoms with Gasteiger partial charge in [-0.1, -0.05) is 72.8 Å². The normalized spacial score (nSPS) is 14.0. The minimum absolute atomic E-state index is 0.0358. The van der Waals surface area contributed by atoms with Gasteiger partial charge >= 0.3 is 0 Å². The summed E-state index contributed by atoms with van der Waals surface area (Å²) in [4.78, 5) is 15.0. The molecule has 0 radical (unpaired) electrons. The second-order valence-corrected chi connectivity index (χ2v) is 7.18. The van der Waals surface area contributed by atoms with Gasteiger partial charge < -0.3 is 19.7 Å². The lowest BCUT2D eigenvalue weighted by Gasteiger charge is -2.30. The SMILES string of the molecule is O=C(COC(c1ccccc1)c1ccccc1)Nc1ccccc1N1CCOCC1. The van der Waals surface area contributed by atoms with Gasteiger partial charge in [0.05, 0.1) is 24.6 Å². The van der Waals surface area contributed by atoms with E-state index in [1.165, 1.54) is 0 Å². The van der Waals surface area contributed by atoms with Crippen LogP contribution < -0.4 is 10.2 Å². The van der Waals surface area contributed by atoms with E-state index >= 15 is 0 Å². The Kier molecular flexibility index (Phi) is 6.75. The van der Waals surface area contributed by atoms with Crippen LogP contribution in [0, 0.1) is 0 Å². The highest BCUT2D eigenvalue weighted by molar-refractivity contribution is 5.95. The fourth-order valence-corrected chi connectivity index (χ4v) is 3.65. The van der Waals surface area contributed by atoms with Crippen LogP contribution in [0.25, 0.3) is 0 Å². The first-order chi connectivity index (χ1) is 14.8. The monoisotopic (exact) mass is 402 g/mol. The summed E-state index contributed by atoms with van der Waals surface area (Å²) in [5.74, 6) is -0.174. The average molecular weight is 402 g/mol. The number of anilines is 2. The van der Waals surface area contributed by atoms with Crippen LogP contribution >= 0.6 is 0 Å². The highest BCUT2D eigenvalue weighted by atomic mass is 16.5. The molecule has 1 amide bonds. The van der Waals surface area contributed by atoms with Crippen molar-refractivity contribution in [2.45, 2.75) is 6.10 Å². The molecular weight excluding hydrogens is 376 g/mol. The molecule has 0 saturated carbocycles. The van der Waals surface area contributed by atoms with Crippen LogP contribution in [-0.4, -0.2) is 38.8 Å². The molecule has 1 aliphatic rings. The van der Waals surface area contributed by atoms with Crippen LogP contribution in [0.15, 0.2) is 84.9 Å². The maximum absolute atomic E-state index is 12.7. The highest BCUT2D eigenvalue weighted by Crippen LogP contribution is 2.28. The third-order valence-corrected chi connectivity index (χ3v) is 5.12. The molecule has 3 aromatic carbocycles. The van der Waals surface area contributed by atoms with Crippen molar-refractivity contribution in [1.82, 2.24) is 0 Å². The summed E-state index contributed by atoms with van der Waals surface area (Å²) in [6, 6.07) is 27.8. The van der Waals surface area contributed by atoms with E-state index in [2.05, 4.69) is 10.2 Å². The van der Waals surface area contributed by atoms with Crippen molar-refractivity contribution in [1.29, 1.82) is 0 Å². The standard InChI is InChI=1S/C25H26N2O3/c28-24(26-22-13-7-8-14-23(22)27-15-17-29-18-16-27)19-30-25(20-9-3-1-4-10-20)21-11-5-2-6-12-21/h1-14,25H,15-19H2,(H,26,28). The number of hydrogen-bond donors (Lipinski definition) is 1. The first kappa shape index (κ1) is 20.1. The Balaban J connectivity index is 1.45. The topological polar surface area (TPSA) is 50.8 Å². The highest BCUT2D eigenvalue weighted by Gasteiger charge is 2.18. The van der Waals surface area contributed by atoms with Crippen LogP contribution in [0.3, 0.4) is 0 Å². The predicted octanol–water partition coefficient (Wildman–Crippen LogP) is 4.27. The van der Waals surface area contributed by atoms with Crippen LogP contribution in [-0.2, 0) is 14.3 Å². The van der Waals surface area contributed by atoms with Crippen molar-refractivity contribution in [2.75, 3.05) is 43.1 Å². The quantitative estimate of drug-likeness (QED) is 0.641. The fourth-order valence-electron chi connectivity index (χ4n) is 3.65. The summed E-state index contributed by atoms with van der Waals surface area (Å²) in [7, 11) is 0. The first-order valence-corrected chi connectivity index (χ1v) is 10.2. The number of carbonyl (C=O) groups excluding carboxylic acids is 1. The van der Waals surface area contributed by atoms with Gasteiger partial charge in [-0.05, 0) is 23.3 Å². The van der Waals surface area contributed by atoms with Gasteiger partial charge in [0.1, 0.15) is 12.7 Å². The minimum Gasteiger partial charge on any atom is -0.378 e. The maximum Gasteiger partial charge on any atom is 0.250 e. The van der Waals surface area contributed by atoms with Gasteiger partial charge in [0.15, 0.2) is 0 Å². The van der Waals surface area contributed by atoms with Gasteiger partial charge in [-0.3, -0.25) is 4.79 Å². The maximum atomic E-state index is 12.7. The number of para-hydroxylation sites is 2. The number of nitrogens with zero attached hydrogens (tertiary/aromatic N) is 1. The van der Waals surface area contributed by atoms with Crippen molar-refractivity contribution in [3.8, 4) is 0 Å². The lowest BCUT2D eigenvalue weighted by Crippen LogP contribution is -2.36. The Morgan fingerprint density at radius 3 is 2.07 bits per heavy atom. The summed E-state index contributed by atoms with van der Waals surface area (Å²) in [6.45, 7) is 2.98. The van der Waals surface area contributed by atoms with Gasteiger partial charge in [-0.2, -0.15) is 0 Å². The summed E-state index contributed by atoms with van der Waals surface area (Å²) in [5, 5.41) is 3.02. The average Bonchev–Trinajstić information content (AvgIpc) is 2.81. The number of hydrogen-bond acceptors (Lipinski definition) is 4. The van der Waals surface area contributed by atoms with Crippen molar-refractivity contribution in [3.05, 3.63) is 96.1 Å². The second-order valence-electron chi connectivity index (χ2n) is 7.18. The Hall–Kier alpha value is -3.15. The van der Waals surface area contributed by atoms with E-state index in [0.717, 1.165) is 35.6 Å². The zero-order chi connectivity index (χ0) is 20.6. The lowest BCUT2D eigenvalue weighted by atomic mass is 10.0. The van der Waals surface area contributed by atoms with Crippen molar-refractivity contribution in [3.63, 3.8) is 0 Å². The van der Waals surface area contributed by atoms with E-state index in [9.17, 15) is 4.79 Å². The molecule has 5 heteroatoms. The number of nitrogens with one attached hydrogen (secondary N) is 1. The third kappa shape index (κ3) is 5.06. The van der Waals surface area contributed by atoms with Gasteiger partial charge in [-0.25, -0.2) is 0 Å². The zero-order valence-electron chi connectivity index (χ0n) is 16.9. The Morgan fingerprint density at radius 1 is 0.867 bits per heavy atom. The molecule has 1 saturated heterocycles. The molecule has 1 N–H and O–H groups in total. The van der Waals surface area contributed by atoms with E-state index in [-0.39, 0.29) is 18.6 Å². The first-order valence-electron chi connectivity index (χ1n) is 10.2. The molecule has 154 valence electrons. The molecule has 4 rings (SSSR count). The molecule has 0 bridgehead atoms. The van der Waals surface area contributed by atoms with E-state index in [1.807, 2.05) is 84.9 Å². The fraction of sp³-hybridized carbons (Fsp3) is 0.240. The number of ether oxygens (including phenoxy) is 2. The smallest absolute Gasteiger partial charge is 0.250 e. The van der Waals surface area contributed by atoms with E-state index in [4.69, 9.17) is 9.47 Å². The number of carbonyl (C=O) groups is 1. The number of morpholine rings is 1. The molecule has 1 heterocycles. The molecule has 1 fully saturated rings. The van der Waals surface area contributed by atoms with Crippen LogP contribution in [0.1, 0.15) is 17.2 Å². The summed E-state index contributed by atoms with van der Waals surface area (Å²) in [6.07, 6.45) is -0.298. The van der Waals surface area contributed by atoms with Gasteiger partial charge in [0.25, 0.3) is 0 Å². The number of benzene rings is 3. The molecule has 5 nitrogen and oxygen atoms in total. The van der Waals surface area contributed by atoms with Gasteiger partial charge in [-0.15, -0.1) is 0 Å². The minimum atomic E-state index is -0.298. The Bertz CT molecular complexity index is 901. The van der Waals surface area contributed by atoms with E-state index in [1.54, 1.807) is 0 Å². The second kappa shape index (κ2) is 10.1. The zero-order valence-corrected chi connectivity index (χ0v) is 16.9. The van der Waals surface area contributed by atoms with Crippen LogP contribution in [0.4, 0.5) is 11.4 Å². The molecule has 3 aromatic rings. The van der Waals surface area contributed by atoms with Crippen molar-refractivity contribution < 1.29 is 14.3 Å². The summed E-state index contributed by atoms with van der Waals surface area (Å²) < 4.78 is 11.5. The molecule has 0 spiro atoms. The molecule has 0 aliphatic carbocycles. The molecule has 0 aromatic heterocycles. The Morgan fingerprint density at radius 2 is 1.43 bits per heavy atom. The number of amides is 1. The summed E-state index contributed by atoms with van der Waals surface area (Å²) >= 11 is 0. The largest absolute Gasteiger partial charge is 0.378 e. The van der Waals surface area contributed by atoms with Crippen LogP contribution in [0.2, 0.25) is 0 Å². The predicted molar refractivity (Wildman–Crippen MR) is 119 cm³/mol. The lowest BCUT2D eigenvalue weighted by molar-refractivity contribution is -0.121. The molecule has 30 heavy (non-hydrogen) atoms. The van der Waals surface area contributed by atoms with E-state index in [0.29, 0.717) is 13.2 Å². The molecule has 0 unspecified atom stereocenters. The van der Waals surface area contributed by atoms with Crippen LogP contribution in [0.5, 0.6) is 0 Å². The van der Waals surface area contributed by atoms with Gasteiger partial charge in [0.2, 0.25) is 5.91 Å². The molecular formula is C25H26N2O3. The Labute approximate surface area is 177 Å².